The number of hydrogen-bond donors (Lipinski definition) is 1. The lowest BCUT2D eigenvalue weighted by Gasteiger charge is -2.14. The van der Waals surface area contributed by atoms with E-state index >= 15 is 0 Å². The van der Waals surface area contributed by atoms with Crippen LogP contribution in [0.2, 0.25) is 5.02 Å². The monoisotopic (exact) mass is 365 g/mol. The molecule has 1 amide bonds. The first-order valence-electron chi connectivity index (χ1n) is 7.50. The highest BCUT2D eigenvalue weighted by molar-refractivity contribution is 6.31. The van der Waals surface area contributed by atoms with Gasteiger partial charge >= 0.3 is 5.97 Å². The van der Waals surface area contributed by atoms with Crippen molar-refractivity contribution < 1.29 is 23.5 Å². The first-order chi connectivity index (χ1) is 11.8. The lowest BCUT2D eigenvalue weighted by molar-refractivity contribution is -0.153. The number of ether oxygens (including phenoxy) is 2. The maximum atomic E-state index is 12.8. The molecule has 0 aliphatic heterocycles. The molecule has 25 heavy (non-hydrogen) atoms. The van der Waals surface area contributed by atoms with Gasteiger partial charge in [-0.1, -0.05) is 17.7 Å². The average molecular weight is 366 g/mol. The van der Waals surface area contributed by atoms with Crippen LogP contribution in [0.25, 0.3) is 0 Å². The van der Waals surface area contributed by atoms with E-state index in [1.807, 2.05) is 6.92 Å². The Morgan fingerprint density at radius 1 is 1.20 bits per heavy atom. The van der Waals surface area contributed by atoms with Crippen LogP contribution in [-0.2, 0) is 14.3 Å². The third kappa shape index (κ3) is 5.76. The topological polar surface area (TPSA) is 64.6 Å². The number of halogens is 2. The lowest BCUT2D eigenvalue weighted by atomic mass is 10.2. The molecule has 2 rings (SSSR count). The zero-order valence-corrected chi connectivity index (χ0v) is 14.5. The van der Waals surface area contributed by atoms with Crippen molar-refractivity contribution in [2.75, 3.05) is 11.9 Å². The molecule has 7 heteroatoms. The molecule has 0 fully saturated rings. The van der Waals surface area contributed by atoms with Crippen LogP contribution in [-0.4, -0.2) is 24.6 Å². The van der Waals surface area contributed by atoms with E-state index in [0.29, 0.717) is 16.5 Å². The molecule has 0 bridgehead atoms. The molecule has 0 saturated heterocycles. The molecule has 5 nitrogen and oxygen atoms in total. The van der Waals surface area contributed by atoms with Crippen molar-refractivity contribution in [3.63, 3.8) is 0 Å². The second-order valence-corrected chi connectivity index (χ2v) is 5.77. The lowest BCUT2D eigenvalue weighted by Crippen LogP contribution is -2.29. The summed E-state index contributed by atoms with van der Waals surface area (Å²) < 4.78 is 23.1. The molecule has 0 aliphatic carbocycles. The van der Waals surface area contributed by atoms with Gasteiger partial charge in [-0.2, -0.15) is 0 Å². The van der Waals surface area contributed by atoms with E-state index in [1.54, 1.807) is 18.2 Å². The molecule has 0 unspecified atom stereocenters. The molecule has 1 N–H and O–H groups in total. The van der Waals surface area contributed by atoms with Crippen LogP contribution in [0.5, 0.6) is 5.75 Å². The van der Waals surface area contributed by atoms with Crippen LogP contribution >= 0.6 is 11.6 Å². The third-order valence-electron chi connectivity index (χ3n) is 3.28. The van der Waals surface area contributed by atoms with E-state index in [-0.39, 0.29) is 0 Å². The predicted octanol–water partition coefficient (Wildman–Crippen LogP) is 3.74. The largest absolute Gasteiger partial charge is 0.479 e. The van der Waals surface area contributed by atoms with Gasteiger partial charge in [0, 0.05) is 10.7 Å². The van der Waals surface area contributed by atoms with Crippen LogP contribution in [0.15, 0.2) is 42.5 Å². The minimum atomic E-state index is -0.939. The standard InChI is InChI=1S/C18H17ClFNO4/c1-11-3-4-13(19)9-16(11)21-17(22)10-24-18(23)12(2)25-15-7-5-14(20)6-8-15/h3-9,12H,10H2,1-2H3,(H,21,22)/t12-/m1/s1. The fourth-order valence-corrected chi connectivity index (χ4v) is 2.11. The van der Waals surface area contributed by atoms with E-state index < -0.39 is 30.4 Å². The first kappa shape index (κ1) is 18.7. The number of hydrogen-bond acceptors (Lipinski definition) is 4. The SMILES string of the molecule is Cc1ccc(Cl)cc1NC(=O)COC(=O)[C@@H](C)Oc1ccc(F)cc1. The number of esters is 1. The summed E-state index contributed by atoms with van der Waals surface area (Å²) in [5, 5.41) is 3.10. The fraction of sp³-hybridized carbons (Fsp3) is 0.222. The predicted molar refractivity (Wildman–Crippen MR) is 92.3 cm³/mol. The van der Waals surface area contributed by atoms with E-state index in [9.17, 15) is 14.0 Å². The number of nitrogens with one attached hydrogen (secondary N) is 1. The molecule has 2 aromatic rings. The zero-order chi connectivity index (χ0) is 18.4. The molecule has 0 heterocycles. The van der Waals surface area contributed by atoms with Gasteiger partial charge in [0.05, 0.1) is 0 Å². The molecule has 2 aromatic carbocycles. The van der Waals surface area contributed by atoms with Crippen molar-refractivity contribution >= 4 is 29.2 Å². The number of rotatable bonds is 6. The summed E-state index contributed by atoms with van der Waals surface area (Å²) in [6.07, 6.45) is -0.939. The fourth-order valence-electron chi connectivity index (χ4n) is 1.93. The third-order valence-corrected chi connectivity index (χ3v) is 3.51. The summed E-state index contributed by atoms with van der Waals surface area (Å²) in [5.41, 5.74) is 1.38. The molecule has 0 spiro atoms. The van der Waals surface area contributed by atoms with E-state index in [0.717, 1.165) is 5.56 Å². The maximum absolute atomic E-state index is 12.8. The number of carbonyl (C=O) groups excluding carboxylic acids is 2. The number of carbonyl (C=O) groups is 2. The summed E-state index contributed by atoms with van der Waals surface area (Å²) in [4.78, 5) is 23.8. The van der Waals surface area contributed by atoms with Crippen LogP contribution in [0.3, 0.4) is 0 Å². The Morgan fingerprint density at radius 2 is 1.88 bits per heavy atom. The van der Waals surface area contributed by atoms with Gasteiger partial charge in [-0.3, -0.25) is 4.79 Å². The van der Waals surface area contributed by atoms with E-state index in [2.05, 4.69) is 5.32 Å². The van der Waals surface area contributed by atoms with Crippen LogP contribution < -0.4 is 10.1 Å². The van der Waals surface area contributed by atoms with Gasteiger partial charge in [0.2, 0.25) is 0 Å². The normalized spacial score (nSPS) is 11.5. The number of anilines is 1. The van der Waals surface area contributed by atoms with Crippen LogP contribution in [0.4, 0.5) is 10.1 Å². The minimum absolute atomic E-state index is 0.324. The number of amides is 1. The Bertz CT molecular complexity index is 764. The summed E-state index contributed by atoms with van der Waals surface area (Å²) in [6, 6.07) is 10.3. The Morgan fingerprint density at radius 3 is 2.56 bits per heavy atom. The van der Waals surface area contributed by atoms with Gasteiger partial charge in [-0.25, -0.2) is 9.18 Å². The number of aryl methyl sites for hydroxylation is 1. The molecular formula is C18H17ClFNO4. The van der Waals surface area contributed by atoms with Gasteiger partial charge in [-0.15, -0.1) is 0 Å². The van der Waals surface area contributed by atoms with Gasteiger partial charge in [0.15, 0.2) is 12.7 Å². The van der Waals surface area contributed by atoms with Gasteiger partial charge < -0.3 is 14.8 Å². The van der Waals surface area contributed by atoms with Crippen LogP contribution in [0, 0.1) is 12.7 Å². The highest BCUT2D eigenvalue weighted by atomic mass is 35.5. The zero-order valence-electron chi connectivity index (χ0n) is 13.7. The molecular weight excluding hydrogens is 349 g/mol. The summed E-state index contributed by atoms with van der Waals surface area (Å²) in [6.45, 7) is 2.84. The van der Waals surface area contributed by atoms with Crippen molar-refractivity contribution in [1.29, 1.82) is 0 Å². The Labute approximate surface area is 149 Å². The Balaban J connectivity index is 1.83. The summed E-state index contributed by atoms with van der Waals surface area (Å²) in [7, 11) is 0. The van der Waals surface area contributed by atoms with Crippen molar-refractivity contribution in [1.82, 2.24) is 0 Å². The van der Waals surface area contributed by atoms with Crippen LogP contribution in [0.1, 0.15) is 12.5 Å². The number of benzene rings is 2. The maximum Gasteiger partial charge on any atom is 0.347 e. The van der Waals surface area contributed by atoms with Crippen molar-refractivity contribution in [2.45, 2.75) is 20.0 Å². The highest BCUT2D eigenvalue weighted by Crippen LogP contribution is 2.20. The average Bonchev–Trinajstić information content (AvgIpc) is 2.58. The second-order valence-electron chi connectivity index (χ2n) is 5.33. The molecule has 0 aliphatic rings. The minimum Gasteiger partial charge on any atom is -0.479 e. The van der Waals surface area contributed by atoms with Gasteiger partial charge in [0.25, 0.3) is 5.91 Å². The summed E-state index contributed by atoms with van der Waals surface area (Å²) >= 11 is 5.88. The molecule has 0 aromatic heterocycles. The van der Waals surface area contributed by atoms with E-state index in [4.69, 9.17) is 21.1 Å². The molecule has 1 atom stereocenters. The quantitative estimate of drug-likeness (QED) is 0.792. The summed E-state index contributed by atoms with van der Waals surface area (Å²) in [5.74, 6) is -1.28. The van der Waals surface area contributed by atoms with Crippen molar-refractivity contribution in [3.05, 3.63) is 58.9 Å². The van der Waals surface area contributed by atoms with E-state index in [1.165, 1.54) is 31.2 Å². The van der Waals surface area contributed by atoms with Crippen molar-refractivity contribution in [3.8, 4) is 5.75 Å². The van der Waals surface area contributed by atoms with Gasteiger partial charge in [0.1, 0.15) is 11.6 Å². The molecule has 0 saturated carbocycles. The van der Waals surface area contributed by atoms with Crippen molar-refractivity contribution in [2.24, 2.45) is 0 Å². The highest BCUT2D eigenvalue weighted by Gasteiger charge is 2.18. The second kappa shape index (κ2) is 8.48. The Hall–Kier alpha value is -2.60. The molecule has 132 valence electrons. The Kier molecular flexibility index (Phi) is 6.36. The first-order valence-corrected chi connectivity index (χ1v) is 7.88. The molecule has 0 radical (unpaired) electrons. The smallest absolute Gasteiger partial charge is 0.347 e. The van der Waals surface area contributed by atoms with Gasteiger partial charge in [-0.05, 0) is 55.8 Å².